The second-order valence-electron chi connectivity index (χ2n) is 8.61. The van der Waals surface area contributed by atoms with Crippen LogP contribution in [0.4, 0.5) is 0 Å². The fourth-order valence-corrected chi connectivity index (χ4v) is 5.32. The van der Waals surface area contributed by atoms with E-state index >= 15 is 0 Å². The number of halogens is 1. The molecule has 4 heteroatoms. The molecule has 0 radical (unpaired) electrons. The molecule has 5 rings (SSSR count). The molecule has 0 aliphatic carbocycles. The lowest BCUT2D eigenvalue weighted by molar-refractivity contribution is 0.187. The zero-order valence-electron chi connectivity index (χ0n) is 18.1. The van der Waals surface area contributed by atoms with E-state index in [-0.39, 0.29) is 0 Å². The largest absolute Gasteiger partial charge is 0.298 e. The van der Waals surface area contributed by atoms with Crippen LogP contribution < -0.4 is 0 Å². The summed E-state index contributed by atoms with van der Waals surface area (Å²) < 4.78 is 1.33. The first-order chi connectivity index (χ1) is 15.6. The molecule has 2 aromatic carbocycles. The van der Waals surface area contributed by atoms with Gasteiger partial charge in [-0.2, -0.15) is 0 Å². The van der Waals surface area contributed by atoms with Crippen LogP contribution in [-0.2, 0) is 6.54 Å². The Morgan fingerprint density at radius 2 is 1.75 bits per heavy atom. The van der Waals surface area contributed by atoms with E-state index in [4.69, 9.17) is 11.6 Å². The smallest absolute Gasteiger partial charge is 0.113 e. The fraction of sp³-hybridized carbons (Fsp3) is 0.250. The number of pyridine rings is 1. The number of hydrogen-bond acceptors (Lipinski definition) is 3. The number of likely N-dealkylation sites (tertiary alicyclic amines) is 1. The van der Waals surface area contributed by atoms with Gasteiger partial charge in [-0.25, -0.2) is 4.98 Å². The van der Waals surface area contributed by atoms with Crippen LogP contribution in [0, 0.1) is 17.8 Å². The monoisotopic (exact) mass is 456 g/mol. The second kappa shape index (κ2) is 9.46. The Morgan fingerprint density at radius 1 is 0.969 bits per heavy atom. The molecule has 160 valence electrons. The van der Waals surface area contributed by atoms with Crippen molar-refractivity contribution in [3.05, 3.63) is 88.0 Å². The van der Waals surface area contributed by atoms with Crippen LogP contribution in [0.15, 0.2) is 66.9 Å². The average Bonchev–Trinajstić information content (AvgIpc) is 3.22. The minimum absolute atomic E-state index is 0.736. The summed E-state index contributed by atoms with van der Waals surface area (Å²) in [6.45, 7) is 5.87. The highest BCUT2D eigenvalue weighted by molar-refractivity contribution is 7.19. The van der Waals surface area contributed by atoms with E-state index < -0.39 is 0 Å². The first-order valence-electron chi connectivity index (χ1n) is 11.1. The van der Waals surface area contributed by atoms with E-state index in [2.05, 4.69) is 59.0 Å². The molecule has 1 fully saturated rings. The highest BCUT2D eigenvalue weighted by atomic mass is 35.5. The van der Waals surface area contributed by atoms with Gasteiger partial charge >= 0.3 is 0 Å². The number of benzene rings is 2. The average molecular weight is 457 g/mol. The molecular formula is C28H25ClN2S. The molecule has 1 aliphatic heterocycles. The van der Waals surface area contributed by atoms with Gasteiger partial charge in [0.05, 0.1) is 0 Å². The molecule has 1 aliphatic rings. The minimum atomic E-state index is 0.736. The summed E-state index contributed by atoms with van der Waals surface area (Å²) in [5, 5.41) is 2.02. The van der Waals surface area contributed by atoms with Gasteiger partial charge in [0.15, 0.2) is 0 Å². The van der Waals surface area contributed by atoms with Crippen molar-refractivity contribution in [2.75, 3.05) is 13.1 Å². The van der Waals surface area contributed by atoms with E-state index in [1.165, 1.54) is 40.9 Å². The van der Waals surface area contributed by atoms with E-state index in [0.717, 1.165) is 39.9 Å². The molecule has 0 unspecified atom stereocenters. The van der Waals surface area contributed by atoms with E-state index in [1.54, 1.807) is 0 Å². The van der Waals surface area contributed by atoms with Crippen molar-refractivity contribution in [1.29, 1.82) is 0 Å². The Bertz CT molecular complexity index is 1270. The predicted octanol–water partition coefficient (Wildman–Crippen LogP) is 7.25. The second-order valence-corrected chi connectivity index (χ2v) is 10.2. The molecule has 2 aromatic heterocycles. The molecular weight excluding hydrogens is 432 g/mol. The topological polar surface area (TPSA) is 16.1 Å². The lowest BCUT2D eigenvalue weighted by Gasteiger charge is -2.29. The highest BCUT2D eigenvalue weighted by Crippen LogP contribution is 2.29. The van der Waals surface area contributed by atoms with Crippen LogP contribution in [0.1, 0.15) is 35.9 Å². The normalized spacial score (nSPS) is 14.9. The van der Waals surface area contributed by atoms with Crippen molar-refractivity contribution in [3.8, 4) is 23.0 Å². The number of nitrogens with zero attached hydrogens (tertiary/aromatic N) is 2. The van der Waals surface area contributed by atoms with Crippen LogP contribution >= 0.6 is 22.9 Å². The summed E-state index contributed by atoms with van der Waals surface area (Å²) in [7, 11) is 0. The van der Waals surface area contributed by atoms with Crippen molar-refractivity contribution < 1.29 is 0 Å². The summed E-state index contributed by atoms with van der Waals surface area (Å²) in [4.78, 5) is 8.55. The summed E-state index contributed by atoms with van der Waals surface area (Å²) in [6, 6.07) is 20.6. The van der Waals surface area contributed by atoms with Crippen molar-refractivity contribution in [2.45, 2.75) is 26.3 Å². The van der Waals surface area contributed by atoms with Crippen molar-refractivity contribution in [2.24, 2.45) is 5.92 Å². The van der Waals surface area contributed by atoms with E-state index in [1.807, 2.05) is 47.9 Å². The van der Waals surface area contributed by atoms with Crippen LogP contribution in [0.3, 0.4) is 0 Å². The van der Waals surface area contributed by atoms with Crippen LogP contribution in [0.25, 0.3) is 21.2 Å². The maximum absolute atomic E-state index is 5.97. The number of rotatable bonds is 3. The summed E-state index contributed by atoms with van der Waals surface area (Å²) in [5.41, 5.74) is 3.95. The zero-order valence-corrected chi connectivity index (χ0v) is 19.7. The number of hydrogen-bond donors (Lipinski definition) is 0. The third-order valence-electron chi connectivity index (χ3n) is 6.10. The van der Waals surface area contributed by atoms with Gasteiger partial charge in [-0.15, -0.1) is 11.3 Å². The molecule has 2 nitrogen and oxygen atoms in total. The molecule has 3 heterocycles. The standard InChI is InChI=1S/C28H25ClN2S/c1-20-12-14-31(15-13-20)19-27-17-24-16-21(3-11-28(24)32-27)2-9-26-10-6-23(18-30-26)22-4-7-25(29)8-5-22/h3-8,10-11,16-18,20H,12-15,19H2,1H3. The summed E-state index contributed by atoms with van der Waals surface area (Å²) >= 11 is 7.88. The molecule has 0 saturated carbocycles. The number of thiophene rings is 1. The Labute approximate surface area is 198 Å². The quantitative estimate of drug-likeness (QED) is 0.302. The maximum atomic E-state index is 5.97. The highest BCUT2D eigenvalue weighted by Gasteiger charge is 2.16. The Balaban J connectivity index is 1.29. The molecule has 0 atom stereocenters. The third-order valence-corrected chi connectivity index (χ3v) is 7.45. The lowest BCUT2D eigenvalue weighted by atomic mass is 9.99. The third kappa shape index (κ3) is 5.05. The van der Waals surface area contributed by atoms with Crippen LogP contribution in [0.5, 0.6) is 0 Å². The van der Waals surface area contributed by atoms with Gasteiger partial charge < -0.3 is 0 Å². The van der Waals surface area contributed by atoms with Crippen LogP contribution in [-0.4, -0.2) is 23.0 Å². The van der Waals surface area contributed by atoms with Gasteiger partial charge in [0.25, 0.3) is 0 Å². The summed E-state index contributed by atoms with van der Waals surface area (Å²) in [5.74, 6) is 7.36. The molecule has 32 heavy (non-hydrogen) atoms. The first-order valence-corrected chi connectivity index (χ1v) is 12.3. The van der Waals surface area contributed by atoms with Gasteiger partial charge in [-0.3, -0.25) is 4.90 Å². The first kappa shape index (κ1) is 21.2. The van der Waals surface area contributed by atoms with Gasteiger partial charge in [0, 0.05) is 38.5 Å². The van der Waals surface area contributed by atoms with Gasteiger partial charge in [0.1, 0.15) is 5.69 Å². The Kier molecular flexibility index (Phi) is 6.28. The fourth-order valence-electron chi connectivity index (χ4n) is 4.11. The molecule has 0 spiro atoms. The number of fused-ring (bicyclic) bond motifs is 1. The molecule has 1 saturated heterocycles. The van der Waals surface area contributed by atoms with E-state index in [9.17, 15) is 0 Å². The molecule has 0 amide bonds. The Morgan fingerprint density at radius 3 is 2.50 bits per heavy atom. The van der Waals surface area contributed by atoms with Gasteiger partial charge in [0.2, 0.25) is 0 Å². The van der Waals surface area contributed by atoms with Crippen molar-refractivity contribution in [3.63, 3.8) is 0 Å². The maximum Gasteiger partial charge on any atom is 0.113 e. The number of aromatic nitrogens is 1. The number of piperidine rings is 1. The molecule has 0 N–H and O–H groups in total. The SMILES string of the molecule is CC1CCN(Cc2cc3cc(C#Cc4ccc(-c5ccc(Cl)cc5)cn4)ccc3s2)CC1. The van der Waals surface area contributed by atoms with Gasteiger partial charge in [-0.1, -0.05) is 42.6 Å². The Hall–Kier alpha value is -2.64. The van der Waals surface area contributed by atoms with E-state index in [0.29, 0.717) is 0 Å². The lowest BCUT2D eigenvalue weighted by Crippen LogP contribution is -2.32. The summed E-state index contributed by atoms with van der Waals surface area (Å²) in [6.07, 6.45) is 4.50. The molecule has 0 bridgehead atoms. The molecule has 4 aromatic rings. The van der Waals surface area contributed by atoms with Crippen molar-refractivity contribution >= 4 is 33.0 Å². The minimum Gasteiger partial charge on any atom is -0.298 e. The van der Waals surface area contributed by atoms with Crippen LogP contribution in [0.2, 0.25) is 5.02 Å². The zero-order chi connectivity index (χ0) is 21.9. The van der Waals surface area contributed by atoms with Gasteiger partial charge in [-0.05, 0) is 91.2 Å². The predicted molar refractivity (Wildman–Crippen MR) is 136 cm³/mol. The van der Waals surface area contributed by atoms with Crippen molar-refractivity contribution in [1.82, 2.24) is 9.88 Å².